The number of rotatable bonds is 4. The Balaban J connectivity index is 1.81. The first-order chi connectivity index (χ1) is 8.28. The number of ether oxygens (including phenoxy) is 1. The normalized spacial score (nSPS) is 18.2. The van der Waals surface area contributed by atoms with Crippen molar-refractivity contribution in [3.8, 4) is 5.75 Å². The average molecular weight is 234 g/mol. The molecule has 1 saturated heterocycles. The molecule has 0 atom stereocenters. The van der Waals surface area contributed by atoms with Crippen LogP contribution in [0.2, 0.25) is 0 Å². The number of hydrogen-bond donors (Lipinski definition) is 0. The third-order valence-corrected chi connectivity index (χ3v) is 3.45. The number of benzene rings is 1. The van der Waals surface area contributed by atoms with Crippen LogP contribution in [-0.4, -0.2) is 56.7 Å². The van der Waals surface area contributed by atoms with E-state index in [1.807, 2.05) is 6.07 Å². The lowest BCUT2D eigenvalue weighted by Gasteiger charge is -2.32. The van der Waals surface area contributed by atoms with Gasteiger partial charge in [0.1, 0.15) is 5.75 Å². The van der Waals surface area contributed by atoms with Crippen molar-refractivity contribution in [3.05, 3.63) is 29.8 Å². The smallest absolute Gasteiger partial charge is 0.119 e. The molecule has 0 aliphatic carbocycles. The van der Waals surface area contributed by atoms with E-state index in [9.17, 15) is 0 Å². The largest absolute Gasteiger partial charge is 0.497 e. The van der Waals surface area contributed by atoms with Crippen LogP contribution in [0.1, 0.15) is 5.56 Å². The van der Waals surface area contributed by atoms with Gasteiger partial charge in [-0.1, -0.05) is 12.1 Å². The van der Waals surface area contributed by atoms with Crippen molar-refractivity contribution >= 4 is 0 Å². The van der Waals surface area contributed by atoms with Crippen molar-refractivity contribution in [2.75, 3.05) is 46.9 Å². The first kappa shape index (κ1) is 12.4. The molecule has 0 amide bonds. The van der Waals surface area contributed by atoms with E-state index >= 15 is 0 Å². The van der Waals surface area contributed by atoms with E-state index in [-0.39, 0.29) is 0 Å². The van der Waals surface area contributed by atoms with Gasteiger partial charge in [-0.2, -0.15) is 0 Å². The molecule has 2 rings (SSSR count). The highest BCUT2D eigenvalue weighted by atomic mass is 16.5. The van der Waals surface area contributed by atoms with Gasteiger partial charge in [-0.15, -0.1) is 0 Å². The fourth-order valence-electron chi connectivity index (χ4n) is 2.19. The Bertz CT molecular complexity index is 346. The zero-order valence-corrected chi connectivity index (χ0v) is 10.9. The van der Waals surface area contributed by atoms with E-state index in [1.165, 1.54) is 31.7 Å². The van der Waals surface area contributed by atoms with Crippen LogP contribution >= 0.6 is 0 Å². The SMILES string of the molecule is COc1cccc(CCN2CCN(C)CC2)c1. The summed E-state index contributed by atoms with van der Waals surface area (Å²) in [6.07, 6.45) is 1.11. The zero-order chi connectivity index (χ0) is 12.1. The lowest BCUT2D eigenvalue weighted by molar-refractivity contribution is 0.155. The fourth-order valence-corrected chi connectivity index (χ4v) is 2.19. The zero-order valence-electron chi connectivity index (χ0n) is 10.9. The van der Waals surface area contributed by atoms with Gasteiger partial charge in [-0.25, -0.2) is 0 Å². The first-order valence-corrected chi connectivity index (χ1v) is 6.32. The lowest BCUT2D eigenvalue weighted by atomic mass is 10.1. The maximum Gasteiger partial charge on any atom is 0.119 e. The van der Waals surface area contributed by atoms with Crippen LogP contribution in [0, 0.1) is 0 Å². The summed E-state index contributed by atoms with van der Waals surface area (Å²) in [5.74, 6) is 0.959. The molecular formula is C14H22N2O. The van der Waals surface area contributed by atoms with E-state index < -0.39 is 0 Å². The van der Waals surface area contributed by atoms with Crippen LogP contribution in [0.4, 0.5) is 0 Å². The van der Waals surface area contributed by atoms with Gasteiger partial charge in [0, 0.05) is 32.7 Å². The maximum absolute atomic E-state index is 5.24. The third-order valence-electron chi connectivity index (χ3n) is 3.45. The Morgan fingerprint density at radius 3 is 2.65 bits per heavy atom. The minimum Gasteiger partial charge on any atom is -0.497 e. The van der Waals surface area contributed by atoms with Gasteiger partial charge in [0.2, 0.25) is 0 Å². The number of methoxy groups -OCH3 is 1. The summed E-state index contributed by atoms with van der Waals surface area (Å²) in [6, 6.07) is 8.38. The number of piperazine rings is 1. The highest BCUT2D eigenvalue weighted by Gasteiger charge is 2.13. The second-order valence-electron chi connectivity index (χ2n) is 4.75. The summed E-state index contributed by atoms with van der Waals surface area (Å²) >= 11 is 0. The molecule has 17 heavy (non-hydrogen) atoms. The standard InChI is InChI=1S/C14H22N2O/c1-15-8-10-16(11-9-15)7-6-13-4-3-5-14(12-13)17-2/h3-5,12H,6-11H2,1-2H3. The van der Waals surface area contributed by atoms with Crippen molar-refractivity contribution in [1.82, 2.24) is 9.80 Å². The van der Waals surface area contributed by atoms with Crippen LogP contribution in [0.25, 0.3) is 0 Å². The summed E-state index contributed by atoms with van der Waals surface area (Å²) < 4.78 is 5.24. The molecular weight excluding hydrogens is 212 g/mol. The Morgan fingerprint density at radius 2 is 1.94 bits per heavy atom. The van der Waals surface area contributed by atoms with Crippen LogP contribution < -0.4 is 4.74 Å². The molecule has 0 aromatic heterocycles. The Hall–Kier alpha value is -1.06. The maximum atomic E-state index is 5.24. The molecule has 1 aromatic rings. The Kier molecular flexibility index (Phi) is 4.40. The molecule has 0 unspecified atom stereocenters. The first-order valence-electron chi connectivity index (χ1n) is 6.32. The van der Waals surface area contributed by atoms with Gasteiger partial charge < -0.3 is 14.5 Å². The van der Waals surface area contributed by atoms with Gasteiger partial charge in [0.15, 0.2) is 0 Å². The third kappa shape index (κ3) is 3.72. The monoisotopic (exact) mass is 234 g/mol. The van der Waals surface area contributed by atoms with Crippen molar-refractivity contribution in [1.29, 1.82) is 0 Å². The molecule has 3 heteroatoms. The molecule has 1 aliphatic rings. The van der Waals surface area contributed by atoms with E-state index in [0.717, 1.165) is 18.7 Å². The molecule has 0 N–H and O–H groups in total. The van der Waals surface area contributed by atoms with E-state index in [0.29, 0.717) is 0 Å². The van der Waals surface area contributed by atoms with E-state index in [2.05, 4.69) is 35.0 Å². The second-order valence-corrected chi connectivity index (χ2v) is 4.75. The van der Waals surface area contributed by atoms with Crippen molar-refractivity contribution in [2.45, 2.75) is 6.42 Å². The summed E-state index contributed by atoms with van der Waals surface area (Å²) in [5.41, 5.74) is 1.36. The number of hydrogen-bond acceptors (Lipinski definition) is 3. The molecule has 1 aromatic carbocycles. The van der Waals surface area contributed by atoms with Crippen LogP contribution in [0.3, 0.4) is 0 Å². The Labute approximate surface area is 104 Å². The fraction of sp³-hybridized carbons (Fsp3) is 0.571. The molecule has 1 fully saturated rings. The van der Waals surface area contributed by atoms with Gasteiger partial charge in [-0.3, -0.25) is 0 Å². The highest BCUT2D eigenvalue weighted by molar-refractivity contribution is 5.28. The van der Waals surface area contributed by atoms with Crippen molar-refractivity contribution in [3.63, 3.8) is 0 Å². The van der Waals surface area contributed by atoms with E-state index in [4.69, 9.17) is 4.74 Å². The second kappa shape index (κ2) is 6.03. The summed E-state index contributed by atoms with van der Waals surface area (Å²) in [4.78, 5) is 4.93. The van der Waals surface area contributed by atoms with Gasteiger partial charge in [-0.05, 0) is 31.2 Å². The van der Waals surface area contributed by atoms with Crippen LogP contribution in [0.15, 0.2) is 24.3 Å². The van der Waals surface area contributed by atoms with E-state index in [1.54, 1.807) is 7.11 Å². The van der Waals surface area contributed by atoms with Crippen molar-refractivity contribution in [2.24, 2.45) is 0 Å². The quantitative estimate of drug-likeness (QED) is 0.785. The predicted molar refractivity (Wildman–Crippen MR) is 70.6 cm³/mol. The lowest BCUT2D eigenvalue weighted by Crippen LogP contribution is -2.45. The molecule has 3 nitrogen and oxygen atoms in total. The highest BCUT2D eigenvalue weighted by Crippen LogP contribution is 2.13. The number of nitrogens with zero attached hydrogens (tertiary/aromatic N) is 2. The predicted octanol–water partition coefficient (Wildman–Crippen LogP) is 1.49. The van der Waals surface area contributed by atoms with Crippen molar-refractivity contribution < 1.29 is 4.74 Å². The van der Waals surface area contributed by atoms with Gasteiger partial charge >= 0.3 is 0 Å². The van der Waals surface area contributed by atoms with Gasteiger partial charge in [0.25, 0.3) is 0 Å². The van der Waals surface area contributed by atoms with Crippen LogP contribution in [0.5, 0.6) is 5.75 Å². The molecule has 94 valence electrons. The van der Waals surface area contributed by atoms with Gasteiger partial charge in [0.05, 0.1) is 7.11 Å². The molecule has 0 saturated carbocycles. The Morgan fingerprint density at radius 1 is 1.18 bits per heavy atom. The molecule has 1 heterocycles. The topological polar surface area (TPSA) is 15.7 Å². The summed E-state index contributed by atoms with van der Waals surface area (Å²) in [6.45, 7) is 5.93. The molecule has 1 aliphatic heterocycles. The number of likely N-dealkylation sites (N-methyl/N-ethyl adjacent to an activating group) is 1. The minimum atomic E-state index is 0.959. The minimum absolute atomic E-state index is 0.959. The van der Waals surface area contributed by atoms with Crippen LogP contribution in [-0.2, 0) is 6.42 Å². The molecule has 0 bridgehead atoms. The molecule has 0 radical (unpaired) electrons. The average Bonchev–Trinajstić information content (AvgIpc) is 2.38. The molecule has 0 spiro atoms. The summed E-state index contributed by atoms with van der Waals surface area (Å²) in [7, 11) is 3.92. The summed E-state index contributed by atoms with van der Waals surface area (Å²) in [5, 5.41) is 0.